The Labute approximate surface area is 122 Å². The molecule has 2 aromatic heterocycles. The van der Waals surface area contributed by atoms with Crippen LogP contribution in [-0.2, 0) is 0 Å². The molecule has 0 saturated carbocycles. The molecule has 1 aromatic carbocycles. The lowest BCUT2D eigenvalue weighted by atomic mass is 10.2. The first kappa shape index (κ1) is 13.0. The second-order valence-corrected chi connectivity index (χ2v) is 5.77. The van der Waals surface area contributed by atoms with E-state index in [-0.39, 0.29) is 11.1 Å². The van der Waals surface area contributed by atoms with Gasteiger partial charge in [-0.1, -0.05) is 35.1 Å². The Kier molecular flexibility index (Phi) is 3.16. The van der Waals surface area contributed by atoms with E-state index in [0.717, 1.165) is 9.96 Å². The zero-order valence-electron chi connectivity index (χ0n) is 10.5. The van der Waals surface area contributed by atoms with E-state index >= 15 is 0 Å². The number of halogens is 1. The standard InChI is InChI=1S/C14H9ClN2O2S/c1-8-6-12(18)17-13(19)11(20-14(17)16-8)7-9-2-4-10(15)5-3-9/h2-7H,1H3/b11-7+. The van der Waals surface area contributed by atoms with Gasteiger partial charge in [0.15, 0.2) is 4.96 Å². The zero-order chi connectivity index (χ0) is 14.3. The van der Waals surface area contributed by atoms with Crippen molar-refractivity contribution in [1.29, 1.82) is 0 Å². The quantitative estimate of drug-likeness (QED) is 0.686. The molecule has 0 radical (unpaired) electrons. The van der Waals surface area contributed by atoms with Gasteiger partial charge in [0.05, 0.1) is 4.53 Å². The number of fused-ring (bicyclic) bond motifs is 1. The number of nitrogens with zero attached hydrogens (tertiary/aromatic N) is 2. The molecule has 0 amide bonds. The van der Waals surface area contributed by atoms with Crippen LogP contribution < -0.4 is 15.7 Å². The van der Waals surface area contributed by atoms with Gasteiger partial charge >= 0.3 is 0 Å². The van der Waals surface area contributed by atoms with Gasteiger partial charge in [-0.05, 0) is 30.7 Å². The number of rotatable bonds is 1. The molecule has 3 rings (SSSR count). The smallest absolute Gasteiger partial charge is 0.269 e. The molecule has 0 unspecified atom stereocenters. The maximum absolute atomic E-state index is 12.2. The summed E-state index contributed by atoms with van der Waals surface area (Å²) in [6.07, 6.45) is 1.73. The van der Waals surface area contributed by atoms with E-state index in [4.69, 9.17) is 11.6 Å². The van der Waals surface area contributed by atoms with Gasteiger partial charge in [0.1, 0.15) is 0 Å². The Morgan fingerprint density at radius 1 is 1.25 bits per heavy atom. The van der Waals surface area contributed by atoms with Crippen molar-refractivity contribution in [1.82, 2.24) is 9.38 Å². The fourth-order valence-corrected chi connectivity index (χ4v) is 3.03. The molecule has 0 saturated heterocycles. The predicted molar refractivity (Wildman–Crippen MR) is 80.6 cm³/mol. The van der Waals surface area contributed by atoms with Gasteiger partial charge in [0.25, 0.3) is 11.1 Å². The first-order valence-electron chi connectivity index (χ1n) is 5.85. The average molecular weight is 305 g/mol. The van der Waals surface area contributed by atoms with E-state index in [0.29, 0.717) is 20.2 Å². The van der Waals surface area contributed by atoms with Gasteiger partial charge in [-0.2, -0.15) is 0 Å². The summed E-state index contributed by atoms with van der Waals surface area (Å²) < 4.78 is 1.57. The van der Waals surface area contributed by atoms with E-state index in [9.17, 15) is 9.59 Å². The summed E-state index contributed by atoms with van der Waals surface area (Å²) in [5.41, 5.74) is 0.777. The Bertz CT molecular complexity index is 958. The van der Waals surface area contributed by atoms with Crippen LogP contribution in [0.1, 0.15) is 11.3 Å². The fraction of sp³-hybridized carbons (Fsp3) is 0.0714. The third-order valence-corrected chi connectivity index (χ3v) is 4.02. The van der Waals surface area contributed by atoms with Crippen molar-refractivity contribution in [2.75, 3.05) is 0 Å². The van der Waals surface area contributed by atoms with E-state index < -0.39 is 0 Å². The summed E-state index contributed by atoms with van der Waals surface area (Å²) in [5.74, 6) is 0. The fourth-order valence-electron chi connectivity index (χ4n) is 1.88. The van der Waals surface area contributed by atoms with Crippen LogP contribution in [0.15, 0.2) is 39.9 Å². The van der Waals surface area contributed by atoms with Crippen molar-refractivity contribution in [2.45, 2.75) is 6.92 Å². The summed E-state index contributed by atoms with van der Waals surface area (Å²) in [6.45, 7) is 1.73. The molecule has 4 nitrogen and oxygen atoms in total. The maximum atomic E-state index is 12.2. The van der Waals surface area contributed by atoms with Crippen LogP contribution in [0.25, 0.3) is 11.0 Å². The van der Waals surface area contributed by atoms with Crippen LogP contribution in [0.3, 0.4) is 0 Å². The molecule has 0 aliphatic carbocycles. The number of aryl methyl sites for hydroxylation is 1. The molecule has 0 atom stereocenters. The van der Waals surface area contributed by atoms with Gasteiger partial charge in [-0.25, -0.2) is 9.38 Å². The number of thiazole rings is 1. The minimum atomic E-state index is -0.343. The molecule has 6 heteroatoms. The molecule has 0 fully saturated rings. The normalized spacial score (nSPS) is 12.2. The minimum absolute atomic E-state index is 0.336. The molecule has 2 heterocycles. The number of aromatic nitrogens is 2. The predicted octanol–water partition coefficient (Wildman–Crippen LogP) is 1.63. The summed E-state index contributed by atoms with van der Waals surface area (Å²) in [5, 5.41) is 0.634. The molecule has 20 heavy (non-hydrogen) atoms. The highest BCUT2D eigenvalue weighted by atomic mass is 35.5. The molecule has 0 spiro atoms. The van der Waals surface area contributed by atoms with Gasteiger partial charge in [0, 0.05) is 16.8 Å². The van der Waals surface area contributed by atoms with E-state index in [1.165, 1.54) is 17.4 Å². The Morgan fingerprint density at radius 3 is 2.65 bits per heavy atom. The summed E-state index contributed by atoms with van der Waals surface area (Å²) in [6, 6.07) is 8.48. The van der Waals surface area contributed by atoms with Crippen LogP contribution in [0.4, 0.5) is 0 Å². The summed E-state index contributed by atoms with van der Waals surface area (Å²) in [7, 11) is 0. The lowest BCUT2D eigenvalue weighted by molar-refractivity contribution is 1.00. The lowest BCUT2D eigenvalue weighted by Crippen LogP contribution is -2.30. The Hall–Kier alpha value is -1.98. The number of benzene rings is 1. The summed E-state index contributed by atoms with van der Waals surface area (Å²) in [4.78, 5) is 28.7. The summed E-state index contributed by atoms with van der Waals surface area (Å²) >= 11 is 7.02. The molecule has 0 aliphatic rings. The van der Waals surface area contributed by atoms with Crippen LogP contribution in [0, 0.1) is 6.92 Å². The SMILES string of the molecule is Cc1cc(=O)n2c(=O)/c(=C\c3ccc(Cl)cc3)sc2n1. The van der Waals surface area contributed by atoms with Crippen molar-refractivity contribution in [3.63, 3.8) is 0 Å². The van der Waals surface area contributed by atoms with Crippen molar-refractivity contribution in [3.05, 3.63) is 71.9 Å². The van der Waals surface area contributed by atoms with Crippen LogP contribution in [-0.4, -0.2) is 9.38 Å². The third kappa shape index (κ3) is 2.26. The largest absolute Gasteiger partial charge is 0.277 e. The molecule has 100 valence electrons. The zero-order valence-corrected chi connectivity index (χ0v) is 12.0. The second kappa shape index (κ2) is 4.85. The van der Waals surface area contributed by atoms with Crippen LogP contribution in [0.5, 0.6) is 0 Å². The van der Waals surface area contributed by atoms with Crippen molar-refractivity contribution in [2.24, 2.45) is 0 Å². The average Bonchev–Trinajstić information content (AvgIpc) is 2.69. The Balaban J connectivity index is 2.30. The highest BCUT2D eigenvalue weighted by Gasteiger charge is 2.07. The number of hydrogen-bond donors (Lipinski definition) is 0. The van der Waals surface area contributed by atoms with Gasteiger partial charge in [0.2, 0.25) is 0 Å². The van der Waals surface area contributed by atoms with Gasteiger partial charge in [-0.3, -0.25) is 9.59 Å². The molecular formula is C14H9ClN2O2S. The van der Waals surface area contributed by atoms with E-state index in [1.54, 1.807) is 25.1 Å². The third-order valence-electron chi connectivity index (χ3n) is 2.80. The first-order valence-corrected chi connectivity index (χ1v) is 7.04. The second-order valence-electron chi connectivity index (χ2n) is 4.32. The highest BCUT2D eigenvalue weighted by molar-refractivity contribution is 7.15. The molecular weight excluding hydrogens is 296 g/mol. The molecule has 0 aliphatic heterocycles. The van der Waals surface area contributed by atoms with Gasteiger partial charge in [-0.15, -0.1) is 0 Å². The van der Waals surface area contributed by atoms with E-state index in [1.807, 2.05) is 12.1 Å². The Morgan fingerprint density at radius 2 is 1.95 bits per heavy atom. The van der Waals surface area contributed by atoms with Gasteiger partial charge < -0.3 is 0 Å². The van der Waals surface area contributed by atoms with Crippen molar-refractivity contribution in [3.8, 4) is 0 Å². The molecule has 0 N–H and O–H groups in total. The van der Waals surface area contributed by atoms with Crippen molar-refractivity contribution < 1.29 is 0 Å². The van der Waals surface area contributed by atoms with Crippen LogP contribution >= 0.6 is 22.9 Å². The van der Waals surface area contributed by atoms with Crippen LogP contribution in [0.2, 0.25) is 5.02 Å². The van der Waals surface area contributed by atoms with Crippen molar-refractivity contribution >= 4 is 34.0 Å². The maximum Gasteiger partial charge on any atom is 0.277 e. The highest BCUT2D eigenvalue weighted by Crippen LogP contribution is 2.10. The van der Waals surface area contributed by atoms with E-state index in [2.05, 4.69) is 4.98 Å². The molecule has 0 bridgehead atoms. The molecule has 3 aromatic rings. The lowest BCUT2D eigenvalue weighted by Gasteiger charge is -1.91. The number of hydrogen-bond acceptors (Lipinski definition) is 4. The topological polar surface area (TPSA) is 51.4 Å². The first-order chi connectivity index (χ1) is 9.54. The minimum Gasteiger partial charge on any atom is -0.269 e. The monoisotopic (exact) mass is 304 g/mol.